The van der Waals surface area contributed by atoms with E-state index in [1.54, 1.807) is 11.3 Å². The maximum atomic E-state index is 12.6. The van der Waals surface area contributed by atoms with Crippen LogP contribution in [0.5, 0.6) is 0 Å². The van der Waals surface area contributed by atoms with E-state index < -0.39 is 0 Å². The largest absolute Gasteiger partial charge is 0.340 e. The number of hydrogen-bond donors (Lipinski definition) is 0. The van der Waals surface area contributed by atoms with Gasteiger partial charge < -0.3 is 4.90 Å². The SMILES string of the molecule is Cc1nc(CN2CC3CCC2C(=O)N3C)c2cc(-c3ccccc3)sc2n1.Cl. The number of likely N-dealkylation sites (N-methyl/N-ethyl adjacent to an activating group) is 1. The lowest BCUT2D eigenvalue weighted by Crippen LogP contribution is -2.64. The molecular weight excluding hydrogens is 392 g/mol. The molecule has 3 aliphatic heterocycles. The fourth-order valence-corrected chi connectivity index (χ4v) is 5.47. The molecule has 146 valence electrons. The summed E-state index contributed by atoms with van der Waals surface area (Å²) in [5.74, 6) is 1.05. The van der Waals surface area contributed by atoms with E-state index in [0.717, 1.165) is 41.1 Å². The van der Waals surface area contributed by atoms with Gasteiger partial charge in [0.2, 0.25) is 5.91 Å². The summed E-state index contributed by atoms with van der Waals surface area (Å²) in [4.78, 5) is 28.5. The maximum Gasteiger partial charge on any atom is 0.239 e. The number of halogens is 1. The predicted octanol–water partition coefficient (Wildman–Crippen LogP) is 3.89. The van der Waals surface area contributed by atoms with Crippen LogP contribution in [0.1, 0.15) is 24.4 Å². The number of nitrogens with zero attached hydrogens (tertiary/aromatic N) is 4. The molecule has 0 aliphatic carbocycles. The van der Waals surface area contributed by atoms with Gasteiger partial charge in [0.25, 0.3) is 0 Å². The topological polar surface area (TPSA) is 49.3 Å². The number of hydrogen-bond acceptors (Lipinski definition) is 5. The van der Waals surface area contributed by atoms with Crippen molar-refractivity contribution < 1.29 is 4.79 Å². The van der Waals surface area contributed by atoms with Gasteiger partial charge in [0.05, 0.1) is 11.7 Å². The molecule has 7 heteroatoms. The molecule has 2 bridgehead atoms. The zero-order chi connectivity index (χ0) is 18.5. The number of piperazine rings is 1. The van der Waals surface area contributed by atoms with Gasteiger partial charge in [-0.2, -0.15) is 0 Å². The number of piperidine rings is 2. The van der Waals surface area contributed by atoms with E-state index in [-0.39, 0.29) is 24.4 Å². The number of benzene rings is 1. The number of carbonyl (C=O) groups is 1. The highest BCUT2D eigenvalue weighted by molar-refractivity contribution is 7.21. The van der Waals surface area contributed by atoms with Crippen molar-refractivity contribution >= 4 is 39.9 Å². The van der Waals surface area contributed by atoms with E-state index in [2.05, 4.69) is 40.2 Å². The third-order valence-corrected chi connectivity index (χ3v) is 6.91. The Hall–Kier alpha value is -2.02. The summed E-state index contributed by atoms with van der Waals surface area (Å²) in [5, 5.41) is 1.12. The van der Waals surface area contributed by atoms with Crippen LogP contribution in [0, 0.1) is 6.92 Å². The Morgan fingerprint density at radius 1 is 1.18 bits per heavy atom. The van der Waals surface area contributed by atoms with Crippen molar-refractivity contribution in [2.24, 2.45) is 0 Å². The Morgan fingerprint density at radius 2 is 1.96 bits per heavy atom. The number of thiophene rings is 1. The van der Waals surface area contributed by atoms with E-state index in [4.69, 9.17) is 4.98 Å². The van der Waals surface area contributed by atoms with Crippen LogP contribution in [0.15, 0.2) is 36.4 Å². The number of aromatic nitrogens is 2. The Morgan fingerprint density at radius 3 is 2.71 bits per heavy atom. The lowest BCUT2D eigenvalue weighted by atomic mass is 9.90. The van der Waals surface area contributed by atoms with Crippen molar-refractivity contribution in [2.45, 2.75) is 38.4 Å². The summed E-state index contributed by atoms with van der Waals surface area (Å²) in [6.07, 6.45) is 2.07. The van der Waals surface area contributed by atoms with Gasteiger partial charge in [-0.3, -0.25) is 9.69 Å². The van der Waals surface area contributed by atoms with Crippen LogP contribution in [0.25, 0.3) is 20.7 Å². The van der Waals surface area contributed by atoms with Gasteiger partial charge in [-0.15, -0.1) is 23.7 Å². The minimum atomic E-state index is -0.00227. The van der Waals surface area contributed by atoms with E-state index >= 15 is 0 Å². The lowest BCUT2D eigenvalue weighted by molar-refractivity contribution is -0.150. The zero-order valence-electron chi connectivity index (χ0n) is 16.0. The molecule has 1 aromatic carbocycles. The molecule has 6 rings (SSSR count). The number of fused-ring (bicyclic) bond motifs is 4. The molecule has 0 N–H and O–H groups in total. The molecule has 3 aliphatic rings. The van der Waals surface area contributed by atoms with Crippen molar-refractivity contribution in [3.63, 3.8) is 0 Å². The molecule has 3 aromatic rings. The molecule has 0 spiro atoms. The first-order valence-electron chi connectivity index (χ1n) is 9.43. The van der Waals surface area contributed by atoms with Crippen LogP contribution in [-0.4, -0.2) is 51.4 Å². The molecule has 2 atom stereocenters. The van der Waals surface area contributed by atoms with E-state index in [1.165, 1.54) is 10.4 Å². The van der Waals surface area contributed by atoms with Crippen LogP contribution in [-0.2, 0) is 11.3 Å². The summed E-state index contributed by atoms with van der Waals surface area (Å²) < 4.78 is 0. The molecule has 3 fully saturated rings. The highest BCUT2D eigenvalue weighted by atomic mass is 35.5. The molecule has 1 amide bonds. The summed E-state index contributed by atoms with van der Waals surface area (Å²) in [7, 11) is 1.94. The van der Waals surface area contributed by atoms with Crippen LogP contribution in [0.3, 0.4) is 0 Å². The Labute approximate surface area is 174 Å². The Balaban J connectivity index is 0.00000192. The van der Waals surface area contributed by atoms with Crippen molar-refractivity contribution in [2.75, 3.05) is 13.6 Å². The van der Waals surface area contributed by atoms with Gasteiger partial charge in [0.15, 0.2) is 0 Å². The Kier molecular flexibility index (Phi) is 5.12. The molecule has 5 heterocycles. The summed E-state index contributed by atoms with van der Waals surface area (Å²) in [6.45, 7) is 3.60. The number of amides is 1. The van der Waals surface area contributed by atoms with Gasteiger partial charge in [-0.25, -0.2) is 9.97 Å². The normalized spacial score (nSPS) is 21.9. The highest BCUT2D eigenvalue weighted by Gasteiger charge is 2.43. The van der Waals surface area contributed by atoms with Crippen molar-refractivity contribution in [3.8, 4) is 10.4 Å². The van der Waals surface area contributed by atoms with E-state index in [1.807, 2.05) is 24.9 Å². The first-order valence-corrected chi connectivity index (χ1v) is 10.2. The van der Waals surface area contributed by atoms with Crippen molar-refractivity contribution in [3.05, 3.63) is 47.9 Å². The highest BCUT2D eigenvalue weighted by Crippen LogP contribution is 2.35. The van der Waals surface area contributed by atoms with E-state index in [0.29, 0.717) is 12.6 Å². The molecule has 2 aromatic heterocycles. The van der Waals surface area contributed by atoms with Gasteiger partial charge in [-0.1, -0.05) is 30.3 Å². The van der Waals surface area contributed by atoms with Crippen LogP contribution < -0.4 is 0 Å². The average molecular weight is 415 g/mol. The molecule has 0 saturated carbocycles. The smallest absolute Gasteiger partial charge is 0.239 e. The van der Waals surface area contributed by atoms with Gasteiger partial charge >= 0.3 is 0 Å². The molecular formula is C21H23ClN4OS. The number of carbonyl (C=O) groups excluding carboxylic acids is 1. The third kappa shape index (κ3) is 3.19. The summed E-state index contributed by atoms with van der Waals surface area (Å²) in [6, 6.07) is 13.0. The quantitative estimate of drug-likeness (QED) is 0.652. The lowest BCUT2D eigenvalue weighted by Gasteiger charge is -2.49. The fourth-order valence-electron chi connectivity index (χ4n) is 4.36. The maximum absolute atomic E-state index is 12.6. The van der Waals surface area contributed by atoms with Crippen molar-refractivity contribution in [1.82, 2.24) is 19.8 Å². The van der Waals surface area contributed by atoms with Crippen molar-refractivity contribution in [1.29, 1.82) is 0 Å². The van der Waals surface area contributed by atoms with Crippen LogP contribution in [0.4, 0.5) is 0 Å². The molecule has 28 heavy (non-hydrogen) atoms. The first kappa shape index (κ1) is 19.3. The second-order valence-electron chi connectivity index (χ2n) is 7.54. The predicted molar refractivity (Wildman–Crippen MR) is 115 cm³/mol. The number of aryl methyl sites for hydroxylation is 1. The van der Waals surface area contributed by atoms with Crippen LogP contribution >= 0.6 is 23.7 Å². The van der Waals surface area contributed by atoms with Gasteiger partial charge in [-0.05, 0) is 31.4 Å². The van der Waals surface area contributed by atoms with Gasteiger partial charge in [0, 0.05) is 36.4 Å². The fraction of sp³-hybridized carbons (Fsp3) is 0.381. The van der Waals surface area contributed by atoms with Crippen LogP contribution in [0.2, 0.25) is 0 Å². The van der Waals surface area contributed by atoms with E-state index in [9.17, 15) is 4.79 Å². The summed E-state index contributed by atoms with van der Waals surface area (Å²) >= 11 is 1.71. The second kappa shape index (κ2) is 7.43. The zero-order valence-corrected chi connectivity index (χ0v) is 17.6. The molecule has 5 nitrogen and oxygen atoms in total. The number of rotatable bonds is 3. The minimum Gasteiger partial charge on any atom is -0.340 e. The Bertz CT molecular complexity index is 1020. The standard InChI is InChI=1S/C21H22N4OS.ClH/c1-13-22-17(12-25-11-15-8-9-18(25)21(26)24(15)2)16-10-19(27-20(16)23-13)14-6-4-3-5-7-14;/h3-7,10,15,18H,8-9,11-12H2,1-2H3;1H. The monoisotopic (exact) mass is 414 g/mol. The average Bonchev–Trinajstić information content (AvgIpc) is 3.10. The second-order valence-corrected chi connectivity index (χ2v) is 8.57. The first-order chi connectivity index (χ1) is 13.1. The van der Waals surface area contributed by atoms with Gasteiger partial charge in [0.1, 0.15) is 10.7 Å². The summed E-state index contributed by atoms with van der Waals surface area (Å²) in [5.41, 5.74) is 2.25. The molecule has 0 radical (unpaired) electrons. The molecule has 3 saturated heterocycles. The minimum absolute atomic E-state index is 0. The molecule has 2 unspecified atom stereocenters. The third-order valence-electron chi connectivity index (χ3n) is 5.83.